The van der Waals surface area contributed by atoms with E-state index in [2.05, 4.69) is 24.6 Å². The first-order chi connectivity index (χ1) is 11.3. The molecule has 7 heteroatoms. The fraction of sp³-hybridized carbons (Fsp3) is 0.688. The molecular formula is C16H25N5O2. The molecule has 1 atom stereocenters. The molecule has 1 saturated heterocycles. The van der Waals surface area contributed by atoms with Crippen LogP contribution in [0.15, 0.2) is 16.8 Å². The molecule has 0 aliphatic carbocycles. The number of hydrogen-bond acceptors (Lipinski definition) is 6. The highest BCUT2D eigenvalue weighted by molar-refractivity contribution is 5.03. The fourth-order valence-corrected chi connectivity index (χ4v) is 3.16. The van der Waals surface area contributed by atoms with Crippen LogP contribution >= 0.6 is 0 Å². The van der Waals surface area contributed by atoms with Crippen LogP contribution in [0.5, 0.6) is 0 Å². The number of piperidine rings is 1. The molecule has 1 aliphatic heterocycles. The Kier molecular flexibility index (Phi) is 5.40. The number of likely N-dealkylation sites (tertiary alicyclic amines) is 1. The van der Waals surface area contributed by atoms with Crippen LogP contribution in [0, 0.1) is 0 Å². The number of imidazole rings is 1. The van der Waals surface area contributed by atoms with Crippen LogP contribution in [0.1, 0.15) is 43.3 Å². The minimum absolute atomic E-state index is 0.448. The van der Waals surface area contributed by atoms with Gasteiger partial charge in [0.25, 0.3) is 0 Å². The SMILES string of the molecule is CCc1nnc(CN2CCC[C@H](c3nccn3CCOC)C2)o1. The van der Waals surface area contributed by atoms with Gasteiger partial charge < -0.3 is 13.7 Å². The molecule has 0 bridgehead atoms. The normalized spacial score (nSPS) is 19.3. The molecular weight excluding hydrogens is 294 g/mol. The van der Waals surface area contributed by atoms with Crippen molar-refractivity contribution in [2.24, 2.45) is 0 Å². The Balaban J connectivity index is 1.62. The minimum Gasteiger partial charge on any atom is -0.424 e. The van der Waals surface area contributed by atoms with Crippen LogP contribution in [-0.2, 0) is 24.2 Å². The summed E-state index contributed by atoms with van der Waals surface area (Å²) in [6, 6.07) is 0. The van der Waals surface area contributed by atoms with Crippen molar-refractivity contribution in [3.63, 3.8) is 0 Å². The lowest BCUT2D eigenvalue weighted by Gasteiger charge is -2.31. The summed E-state index contributed by atoms with van der Waals surface area (Å²) in [4.78, 5) is 6.97. The van der Waals surface area contributed by atoms with E-state index in [0.29, 0.717) is 24.3 Å². The van der Waals surface area contributed by atoms with Gasteiger partial charge in [-0.15, -0.1) is 10.2 Å². The van der Waals surface area contributed by atoms with Gasteiger partial charge in [0.05, 0.1) is 13.2 Å². The number of aryl methyl sites for hydroxylation is 1. The Morgan fingerprint density at radius 3 is 3.00 bits per heavy atom. The molecule has 0 unspecified atom stereocenters. The highest BCUT2D eigenvalue weighted by Gasteiger charge is 2.25. The third-order valence-corrected chi connectivity index (χ3v) is 4.32. The maximum Gasteiger partial charge on any atom is 0.230 e. The van der Waals surface area contributed by atoms with Gasteiger partial charge in [-0.2, -0.15) is 0 Å². The molecule has 0 aromatic carbocycles. The maximum absolute atomic E-state index is 5.64. The van der Waals surface area contributed by atoms with Gasteiger partial charge in [-0.1, -0.05) is 6.92 Å². The van der Waals surface area contributed by atoms with Crippen molar-refractivity contribution in [1.29, 1.82) is 0 Å². The van der Waals surface area contributed by atoms with E-state index in [4.69, 9.17) is 9.15 Å². The van der Waals surface area contributed by atoms with Crippen molar-refractivity contribution in [2.45, 2.75) is 45.2 Å². The van der Waals surface area contributed by atoms with Gasteiger partial charge in [0.2, 0.25) is 11.8 Å². The van der Waals surface area contributed by atoms with Crippen LogP contribution < -0.4 is 0 Å². The molecule has 1 fully saturated rings. The first kappa shape index (κ1) is 16.1. The zero-order chi connectivity index (χ0) is 16.1. The quantitative estimate of drug-likeness (QED) is 0.776. The second-order valence-corrected chi connectivity index (χ2v) is 5.99. The van der Waals surface area contributed by atoms with Gasteiger partial charge in [0.1, 0.15) is 5.82 Å². The molecule has 2 aromatic rings. The molecule has 0 radical (unpaired) electrons. The second kappa shape index (κ2) is 7.70. The number of hydrogen-bond donors (Lipinski definition) is 0. The summed E-state index contributed by atoms with van der Waals surface area (Å²) in [6.45, 7) is 6.36. The third-order valence-electron chi connectivity index (χ3n) is 4.32. The van der Waals surface area contributed by atoms with E-state index in [-0.39, 0.29) is 0 Å². The Hall–Kier alpha value is -1.73. The van der Waals surface area contributed by atoms with Crippen LogP contribution in [0.25, 0.3) is 0 Å². The monoisotopic (exact) mass is 319 g/mol. The molecule has 3 heterocycles. The van der Waals surface area contributed by atoms with E-state index < -0.39 is 0 Å². The summed E-state index contributed by atoms with van der Waals surface area (Å²) >= 11 is 0. The summed E-state index contributed by atoms with van der Waals surface area (Å²) in [5, 5.41) is 8.17. The highest BCUT2D eigenvalue weighted by atomic mass is 16.5. The molecule has 23 heavy (non-hydrogen) atoms. The van der Waals surface area contributed by atoms with Crippen LogP contribution in [-0.4, -0.2) is 51.5 Å². The summed E-state index contributed by atoms with van der Waals surface area (Å²) in [6.07, 6.45) is 7.04. The standard InChI is InChI=1S/C16H25N5O2/c1-3-14-18-19-15(23-14)12-20-7-4-5-13(11-20)16-17-6-8-21(16)9-10-22-2/h6,8,13H,3-5,7,9-12H2,1-2H3/t13-/m0/s1. The fourth-order valence-electron chi connectivity index (χ4n) is 3.16. The van der Waals surface area contributed by atoms with E-state index in [9.17, 15) is 0 Å². The highest BCUT2D eigenvalue weighted by Crippen LogP contribution is 2.26. The first-order valence-electron chi connectivity index (χ1n) is 8.33. The average molecular weight is 319 g/mol. The van der Waals surface area contributed by atoms with Crippen LogP contribution in [0.4, 0.5) is 0 Å². The molecule has 126 valence electrons. The molecule has 3 rings (SSSR count). The van der Waals surface area contributed by atoms with E-state index in [1.54, 1.807) is 7.11 Å². The minimum atomic E-state index is 0.448. The molecule has 0 N–H and O–H groups in total. The number of rotatable bonds is 7. The zero-order valence-corrected chi connectivity index (χ0v) is 13.9. The summed E-state index contributed by atoms with van der Waals surface area (Å²) in [5.41, 5.74) is 0. The molecule has 0 saturated carbocycles. The lowest BCUT2D eigenvalue weighted by atomic mass is 9.97. The van der Waals surface area contributed by atoms with Crippen molar-refractivity contribution in [2.75, 3.05) is 26.8 Å². The van der Waals surface area contributed by atoms with Crippen molar-refractivity contribution in [3.05, 3.63) is 30.0 Å². The lowest BCUT2D eigenvalue weighted by molar-refractivity contribution is 0.170. The topological polar surface area (TPSA) is 69.2 Å². The number of methoxy groups -OCH3 is 1. The van der Waals surface area contributed by atoms with Gasteiger partial charge in [0.15, 0.2) is 0 Å². The van der Waals surface area contributed by atoms with Gasteiger partial charge >= 0.3 is 0 Å². The lowest BCUT2D eigenvalue weighted by Crippen LogP contribution is -2.35. The van der Waals surface area contributed by atoms with E-state index >= 15 is 0 Å². The van der Waals surface area contributed by atoms with Crippen molar-refractivity contribution in [1.82, 2.24) is 24.6 Å². The van der Waals surface area contributed by atoms with Gasteiger partial charge in [-0.25, -0.2) is 4.98 Å². The average Bonchev–Trinajstić information content (AvgIpc) is 3.22. The summed E-state index contributed by atoms with van der Waals surface area (Å²) in [7, 11) is 1.73. The molecule has 7 nitrogen and oxygen atoms in total. The van der Waals surface area contributed by atoms with E-state index in [1.165, 1.54) is 6.42 Å². The van der Waals surface area contributed by atoms with E-state index in [1.807, 2.05) is 19.3 Å². The molecule has 1 aliphatic rings. The summed E-state index contributed by atoms with van der Waals surface area (Å²) in [5.74, 6) is 3.03. The number of nitrogens with zero attached hydrogens (tertiary/aromatic N) is 5. The Bertz CT molecular complexity index is 609. The predicted molar refractivity (Wildman–Crippen MR) is 85.0 cm³/mol. The van der Waals surface area contributed by atoms with Crippen molar-refractivity contribution >= 4 is 0 Å². The van der Waals surface area contributed by atoms with Crippen molar-refractivity contribution < 1.29 is 9.15 Å². The maximum atomic E-state index is 5.64. The number of ether oxygens (including phenoxy) is 1. The smallest absolute Gasteiger partial charge is 0.230 e. The van der Waals surface area contributed by atoms with Crippen LogP contribution in [0.3, 0.4) is 0 Å². The largest absolute Gasteiger partial charge is 0.424 e. The Morgan fingerprint density at radius 2 is 2.22 bits per heavy atom. The van der Waals surface area contributed by atoms with E-state index in [0.717, 1.165) is 44.8 Å². The predicted octanol–water partition coefficient (Wildman–Crippen LogP) is 1.85. The summed E-state index contributed by atoms with van der Waals surface area (Å²) < 4.78 is 13.0. The second-order valence-electron chi connectivity index (χ2n) is 5.99. The Morgan fingerprint density at radius 1 is 1.35 bits per heavy atom. The molecule has 0 spiro atoms. The van der Waals surface area contributed by atoms with Crippen LogP contribution in [0.2, 0.25) is 0 Å². The zero-order valence-electron chi connectivity index (χ0n) is 13.9. The molecule has 2 aromatic heterocycles. The number of aromatic nitrogens is 4. The first-order valence-corrected chi connectivity index (χ1v) is 8.33. The van der Waals surface area contributed by atoms with Gasteiger partial charge in [-0.3, -0.25) is 4.90 Å². The molecule has 0 amide bonds. The van der Waals surface area contributed by atoms with Crippen molar-refractivity contribution in [3.8, 4) is 0 Å². The van der Waals surface area contributed by atoms with Gasteiger partial charge in [0, 0.05) is 44.9 Å². The third kappa shape index (κ3) is 3.97. The van der Waals surface area contributed by atoms with Gasteiger partial charge in [-0.05, 0) is 19.4 Å². The Labute approximate surface area is 136 Å².